The molecule has 2 rings (SSSR count). The zero-order chi connectivity index (χ0) is 15.1. The molecule has 0 bridgehead atoms. The highest BCUT2D eigenvalue weighted by molar-refractivity contribution is 5.78. The average molecular weight is 297 g/mol. The molecule has 1 amide bonds. The van der Waals surface area contributed by atoms with Crippen LogP contribution in [0.5, 0.6) is 0 Å². The maximum absolute atomic E-state index is 12.3. The molecule has 0 aromatic heterocycles. The van der Waals surface area contributed by atoms with Gasteiger partial charge in [-0.3, -0.25) is 9.59 Å². The summed E-state index contributed by atoms with van der Waals surface area (Å²) in [6.07, 6.45) is 9.75. The van der Waals surface area contributed by atoms with Gasteiger partial charge in [-0.05, 0) is 38.5 Å². The van der Waals surface area contributed by atoms with Crippen molar-refractivity contribution in [3.8, 4) is 0 Å². The first kappa shape index (κ1) is 16.3. The Balaban J connectivity index is 1.78. The van der Waals surface area contributed by atoms with Crippen LogP contribution in [0.3, 0.4) is 0 Å². The van der Waals surface area contributed by atoms with E-state index in [-0.39, 0.29) is 31.1 Å². The number of piperidine rings is 1. The summed E-state index contributed by atoms with van der Waals surface area (Å²) < 4.78 is 5.76. The summed E-state index contributed by atoms with van der Waals surface area (Å²) in [5.74, 6) is -0.748. The number of carboxylic acid groups (broad SMARTS) is 1. The fourth-order valence-electron chi connectivity index (χ4n) is 3.42. The molecule has 2 fully saturated rings. The van der Waals surface area contributed by atoms with Gasteiger partial charge >= 0.3 is 5.97 Å². The summed E-state index contributed by atoms with van der Waals surface area (Å²) in [6.45, 7) is 0.908. The van der Waals surface area contributed by atoms with E-state index in [0.717, 1.165) is 38.6 Å². The van der Waals surface area contributed by atoms with Gasteiger partial charge in [-0.15, -0.1) is 0 Å². The minimum absolute atomic E-state index is 0.0377. The highest BCUT2D eigenvalue weighted by Crippen LogP contribution is 2.23. The summed E-state index contributed by atoms with van der Waals surface area (Å²) in [4.78, 5) is 24.9. The minimum atomic E-state index is -0.786. The third-order valence-electron chi connectivity index (χ3n) is 4.63. The first-order valence-corrected chi connectivity index (χ1v) is 8.29. The normalized spacial score (nSPS) is 24.0. The van der Waals surface area contributed by atoms with Crippen LogP contribution in [0.15, 0.2) is 0 Å². The van der Waals surface area contributed by atoms with Crippen LogP contribution in [-0.4, -0.2) is 47.2 Å². The Bertz CT molecular complexity index is 352. The van der Waals surface area contributed by atoms with Crippen molar-refractivity contribution in [2.45, 2.75) is 76.4 Å². The Labute approximate surface area is 126 Å². The summed E-state index contributed by atoms with van der Waals surface area (Å²) in [5.41, 5.74) is 0. The minimum Gasteiger partial charge on any atom is -0.481 e. The monoisotopic (exact) mass is 297 g/mol. The molecule has 0 aromatic carbocycles. The zero-order valence-electron chi connectivity index (χ0n) is 12.8. The van der Waals surface area contributed by atoms with Gasteiger partial charge in [-0.2, -0.15) is 0 Å². The Hall–Kier alpha value is -1.10. The quantitative estimate of drug-likeness (QED) is 0.818. The van der Waals surface area contributed by atoms with Crippen LogP contribution in [0.2, 0.25) is 0 Å². The highest BCUT2D eigenvalue weighted by Gasteiger charge is 2.27. The largest absolute Gasteiger partial charge is 0.481 e. The first-order chi connectivity index (χ1) is 10.2. The van der Waals surface area contributed by atoms with Gasteiger partial charge in [-0.1, -0.05) is 19.3 Å². The Kier molecular flexibility index (Phi) is 6.49. The molecule has 0 radical (unpaired) electrons. The molecule has 120 valence electrons. The number of carbonyl (C=O) groups is 2. The van der Waals surface area contributed by atoms with E-state index in [0.29, 0.717) is 6.42 Å². The van der Waals surface area contributed by atoms with E-state index in [2.05, 4.69) is 0 Å². The van der Waals surface area contributed by atoms with Gasteiger partial charge < -0.3 is 14.7 Å². The van der Waals surface area contributed by atoms with E-state index in [9.17, 15) is 9.59 Å². The second-order valence-electron chi connectivity index (χ2n) is 6.24. The molecule has 1 heterocycles. The molecule has 0 spiro atoms. The van der Waals surface area contributed by atoms with E-state index in [4.69, 9.17) is 9.84 Å². The van der Waals surface area contributed by atoms with Gasteiger partial charge in [0.15, 0.2) is 0 Å². The van der Waals surface area contributed by atoms with Crippen molar-refractivity contribution in [3.63, 3.8) is 0 Å². The van der Waals surface area contributed by atoms with E-state index in [1.54, 1.807) is 0 Å². The van der Waals surface area contributed by atoms with E-state index in [1.807, 2.05) is 4.90 Å². The zero-order valence-corrected chi connectivity index (χ0v) is 12.8. The molecule has 5 nitrogen and oxygen atoms in total. The molecule has 0 aromatic rings. The smallest absolute Gasteiger partial charge is 0.303 e. The van der Waals surface area contributed by atoms with Crippen molar-refractivity contribution in [2.75, 3.05) is 13.2 Å². The second kappa shape index (κ2) is 8.37. The standard InChI is InChI=1S/C16H27NO4/c18-15(12-21-14-7-2-1-3-8-14)17-11-5-4-6-13(17)9-10-16(19)20/h13-14H,1-12H2,(H,19,20)/t13-/m0/s1. The lowest BCUT2D eigenvalue weighted by Crippen LogP contribution is -2.46. The molecule has 21 heavy (non-hydrogen) atoms. The number of nitrogens with zero attached hydrogens (tertiary/aromatic N) is 1. The first-order valence-electron chi connectivity index (χ1n) is 8.29. The summed E-state index contributed by atoms with van der Waals surface area (Å²) in [5, 5.41) is 8.81. The molecule has 1 saturated carbocycles. The van der Waals surface area contributed by atoms with Crippen molar-refractivity contribution >= 4 is 11.9 Å². The van der Waals surface area contributed by atoms with Crippen LogP contribution in [0.4, 0.5) is 0 Å². The van der Waals surface area contributed by atoms with Crippen LogP contribution >= 0.6 is 0 Å². The highest BCUT2D eigenvalue weighted by atomic mass is 16.5. The van der Waals surface area contributed by atoms with Gasteiger partial charge in [0.25, 0.3) is 0 Å². The summed E-state index contributed by atoms with van der Waals surface area (Å²) in [6, 6.07) is 0.0808. The van der Waals surface area contributed by atoms with Crippen LogP contribution < -0.4 is 0 Å². The SMILES string of the molecule is O=C(O)CC[C@@H]1CCCCN1C(=O)COC1CCCCC1. The van der Waals surface area contributed by atoms with Crippen LogP contribution in [0.1, 0.15) is 64.2 Å². The number of ether oxygens (including phenoxy) is 1. The number of carbonyl (C=O) groups excluding carboxylic acids is 1. The van der Waals surface area contributed by atoms with Gasteiger partial charge in [-0.25, -0.2) is 0 Å². The van der Waals surface area contributed by atoms with Crippen LogP contribution in [-0.2, 0) is 14.3 Å². The molecular weight excluding hydrogens is 270 g/mol. The predicted octanol–water partition coefficient (Wildman–Crippen LogP) is 2.58. The van der Waals surface area contributed by atoms with Gasteiger partial charge in [0.1, 0.15) is 6.61 Å². The number of hydrogen-bond donors (Lipinski definition) is 1. The predicted molar refractivity (Wildman–Crippen MR) is 79.0 cm³/mol. The van der Waals surface area contributed by atoms with Crippen molar-refractivity contribution < 1.29 is 19.4 Å². The summed E-state index contributed by atoms with van der Waals surface area (Å²) >= 11 is 0. The average Bonchev–Trinajstić information content (AvgIpc) is 2.52. The third-order valence-corrected chi connectivity index (χ3v) is 4.63. The molecule has 2 aliphatic rings. The molecule has 1 atom stereocenters. The number of amides is 1. The van der Waals surface area contributed by atoms with Crippen molar-refractivity contribution in [2.24, 2.45) is 0 Å². The second-order valence-corrected chi connectivity index (χ2v) is 6.24. The fraction of sp³-hybridized carbons (Fsp3) is 0.875. The topological polar surface area (TPSA) is 66.8 Å². The summed E-state index contributed by atoms with van der Waals surface area (Å²) in [7, 11) is 0. The number of likely N-dealkylation sites (tertiary alicyclic amines) is 1. The molecule has 0 unspecified atom stereocenters. The van der Waals surface area contributed by atoms with Gasteiger partial charge in [0.05, 0.1) is 6.10 Å². The van der Waals surface area contributed by atoms with Gasteiger partial charge in [0, 0.05) is 19.0 Å². The molecule has 1 aliphatic carbocycles. The van der Waals surface area contributed by atoms with Gasteiger partial charge in [0.2, 0.25) is 5.91 Å². The molecule has 1 aliphatic heterocycles. The maximum atomic E-state index is 12.3. The van der Waals surface area contributed by atoms with E-state index in [1.165, 1.54) is 19.3 Å². The third kappa shape index (κ3) is 5.30. The Morgan fingerprint density at radius 3 is 2.48 bits per heavy atom. The molecule has 1 N–H and O–H groups in total. The maximum Gasteiger partial charge on any atom is 0.303 e. The lowest BCUT2D eigenvalue weighted by Gasteiger charge is -2.36. The lowest BCUT2D eigenvalue weighted by molar-refractivity contribution is -0.144. The molecule has 5 heteroatoms. The van der Waals surface area contributed by atoms with Crippen LogP contribution in [0, 0.1) is 0 Å². The van der Waals surface area contributed by atoms with Crippen molar-refractivity contribution in [1.29, 1.82) is 0 Å². The lowest BCUT2D eigenvalue weighted by atomic mass is 9.97. The van der Waals surface area contributed by atoms with E-state index < -0.39 is 5.97 Å². The number of aliphatic carboxylic acids is 1. The Morgan fingerprint density at radius 1 is 1.05 bits per heavy atom. The fourth-order valence-corrected chi connectivity index (χ4v) is 3.42. The number of carboxylic acids is 1. The van der Waals surface area contributed by atoms with E-state index >= 15 is 0 Å². The number of rotatable bonds is 6. The number of hydrogen-bond acceptors (Lipinski definition) is 3. The van der Waals surface area contributed by atoms with Crippen molar-refractivity contribution in [3.05, 3.63) is 0 Å². The molecular formula is C16H27NO4. The Morgan fingerprint density at radius 2 is 1.76 bits per heavy atom. The molecule has 1 saturated heterocycles. The van der Waals surface area contributed by atoms with Crippen LogP contribution in [0.25, 0.3) is 0 Å². The van der Waals surface area contributed by atoms with Crippen molar-refractivity contribution in [1.82, 2.24) is 4.90 Å².